The molecule has 5 heteroatoms. The maximum atomic E-state index is 14.4. The number of nitrogens with one attached hydrogen (secondary N) is 1. The lowest BCUT2D eigenvalue weighted by Gasteiger charge is -2.42. The number of benzene rings is 3. The minimum Gasteiger partial charge on any atom is -0.273 e. The number of fused-ring (bicyclic) bond motifs is 4. The molecule has 1 spiro atoms. The average Bonchev–Trinajstić information content (AvgIpc) is 2.92. The fourth-order valence-electron chi connectivity index (χ4n) is 5.94. The minimum atomic E-state index is -0.143. The molecule has 36 heavy (non-hydrogen) atoms. The van der Waals surface area contributed by atoms with Gasteiger partial charge in [-0.1, -0.05) is 104 Å². The Balaban J connectivity index is 1.52. The third kappa shape index (κ3) is 4.15. The molecule has 5 nitrogen and oxygen atoms in total. The summed E-state index contributed by atoms with van der Waals surface area (Å²) in [6, 6.07) is 28.5. The molecule has 1 fully saturated rings. The summed E-state index contributed by atoms with van der Waals surface area (Å²) in [5, 5.41) is 4.47. The second kappa shape index (κ2) is 9.57. The Hall–Kier alpha value is -3.99. The molecule has 3 aromatic carbocycles. The topological polar surface area (TPSA) is 59.3 Å². The second-order valence-corrected chi connectivity index (χ2v) is 9.99. The van der Waals surface area contributed by atoms with E-state index in [-0.39, 0.29) is 11.0 Å². The van der Waals surface area contributed by atoms with Crippen molar-refractivity contribution < 1.29 is 0 Å². The van der Waals surface area contributed by atoms with Crippen LogP contribution in [0.5, 0.6) is 0 Å². The van der Waals surface area contributed by atoms with Gasteiger partial charge >= 0.3 is 0 Å². The van der Waals surface area contributed by atoms with Gasteiger partial charge in [-0.25, -0.2) is 10.4 Å². The van der Waals surface area contributed by atoms with Crippen molar-refractivity contribution in [2.45, 2.75) is 50.5 Å². The highest BCUT2D eigenvalue weighted by molar-refractivity contribution is 5.80. The molecule has 1 heterocycles. The van der Waals surface area contributed by atoms with E-state index in [1.165, 1.54) is 12.0 Å². The first-order valence-corrected chi connectivity index (χ1v) is 12.9. The van der Waals surface area contributed by atoms with E-state index in [9.17, 15) is 4.79 Å². The number of nitrogens with zero attached hydrogens (tertiary/aromatic N) is 3. The van der Waals surface area contributed by atoms with Crippen LogP contribution in [0.2, 0.25) is 0 Å². The van der Waals surface area contributed by atoms with Gasteiger partial charge in [-0.2, -0.15) is 5.10 Å². The second-order valence-electron chi connectivity index (χ2n) is 9.99. The summed E-state index contributed by atoms with van der Waals surface area (Å²) in [6.07, 6.45) is 8.29. The molecule has 2 aliphatic carbocycles. The predicted octanol–water partition coefficient (Wildman–Crippen LogP) is 6.16. The van der Waals surface area contributed by atoms with Crippen LogP contribution < -0.4 is 11.0 Å². The highest BCUT2D eigenvalue weighted by Gasteiger charge is 2.43. The van der Waals surface area contributed by atoms with E-state index in [4.69, 9.17) is 4.98 Å². The summed E-state index contributed by atoms with van der Waals surface area (Å²) in [4.78, 5) is 19.5. The lowest BCUT2D eigenvalue weighted by atomic mass is 9.62. The van der Waals surface area contributed by atoms with Crippen molar-refractivity contribution in [3.05, 3.63) is 118 Å². The molecule has 180 valence electrons. The van der Waals surface area contributed by atoms with Crippen molar-refractivity contribution >= 4 is 12.2 Å². The molecule has 0 radical (unpaired) electrons. The number of rotatable bonds is 5. The number of aromatic nitrogens is 2. The normalized spacial score (nSPS) is 16.0. The van der Waals surface area contributed by atoms with Gasteiger partial charge in [0.15, 0.2) is 0 Å². The van der Waals surface area contributed by atoms with Gasteiger partial charge in [-0.15, -0.1) is 0 Å². The van der Waals surface area contributed by atoms with Crippen LogP contribution in [0, 0.1) is 0 Å². The van der Waals surface area contributed by atoms with Crippen molar-refractivity contribution in [2.24, 2.45) is 5.10 Å². The van der Waals surface area contributed by atoms with E-state index >= 15 is 0 Å². The first-order chi connectivity index (χ1) is 17.7. The van der Waals surface area contributed by atoms with Gasteiger partial charge in [0.05, 0.1) is 24.0 Å². The van der Waals surface area contributed by atoms with Crippen molar-refractivity contribution in [3.8, 4) is 11.3 Å². The molecule has 0 saturated heterocycles. The summed E-state index contributed by atoms with van der Waals surface area (Å²) < 4.78 is 1.78. The predicted molar refractivity (Wildman–Crippen MR) is 146 cm³/mol. The van der Waals surface area contributed by atoms with Crippen LogP contribution in [-0.4, -0.2) is 15.8 Å². The summed E-state index contributed by atoms with van der Waals surface area (Å²) in [5.74, 6) is 0.470. The SMILES string of the molecule is O=c1c2c(nc(N/N=C/c3ccccc3)n1Cc1ccccc1)-c1ccccc1CC21CCCCC1. The van der Waals surface area contributed by atoms with Crippen molar-refractivity contribution in [3.63, 3.8) is 0 Å². The quantitative estimate of drug-likeness (QED) is 0.278. The standard InChI is InChI=1S/C31H30N4O/c36-29-27-28(26-17-9-8-16-25(26)20-31(27)18-10-3-11-19-31)33-30(34-32-21-23-12-4-1-5-13-23)35(29)22-24-14-6-2-7-15-24/h1-2,4-9,12-17,21H,3,10-11,18-20,22H2,(H,33,34)/b32-21+. The van der Waals surface area contributed by atoms with E-state index in [1.54, 1.807) is 10.8 Å². The number of anilines is 1. The summed E-state index contributed by atoms with van der Waals surface area (Å²) in [6.45, 7) is 0.445. The third-order valence-electron chi connectivity index (χ3n) is 7.67. The van der Waals surface area contributed by atoms with Crippen LogP contribution in [0.25, 0.3) is 11.3 Å². The molecule has 1 saturated carbocycles. The zero-order valence-electron chi connectivity index (χ0n) is 20.4. The third-order valence-corrected chi connectivity index (χ3v) is 7.67. The Labute approximate surface area is 211 Å². The van der Waals surface area contributed by atoms with Gasteiger partial charge in [0.2, 0.25) is 5.95 Å². The van der Waals surface area contributed by atoms with Crippen molar-refractivity contribution in [1.82, 2.24) is 9.55 Å². The minimum absolute atomic E-state index is 0.0534. The number of hydrogen-bond acceptors (Lipinski definition) is 4. The van der Waals surface area contributed by atoms with E-state index < -0.39 is 0 Å². The van der Waals surface area contributed by atoms with Gasteiger partial charge in [-0.05, 0) is 36.0 Å². The molecule has 1 aromatic heterocycles. The van der Waals surface area contributed by atoms with Crippen LogP contribution in [0.3, 0.4) is 0 Å². The monoisotopic (exact) mass is 474 g/mol. The summed E-state index contributed by atoms with van der Waals surface area (Å²) >= 11 is 0. The molecule has 0 unspecified atom stereocenters. The van der Waals surface area contributed by atoms with Gasteiger partial charge < -0.3 is 0 Å². The van der Waals surface area contributed by atoms with Gasteiger partial charge in [-0.3, -0.25) is 9.36 Å². The molecule has 4 aromatic rings. The lowest BCUT2D eigenvalue weighted by molar-refractivity contribution is 0.283. The number of hydrogen-bond donors (Lipinski definition) is 1. The largest absolute Gasteiger partial charge is 0.273 e. The molecule has 1 N–H and O–H groups in total. The zero-order chi connectivity index (χ0) is 24.4. The molecular weight excluding hydrogens is 444 g/mol. The molecule has 0 bridgehead atoms. The highest BCUT2D eigenvalue weighted by Crippen LogP contribution is 2.48. The van der Waals surface area contributed by atoms with Crippen LogP contribution in [0.4, 0.5) is 5.95 Å². The van der Waals surface area contributed by atoms with Crippen LogP contribution in [0.1, 0.15) is 54.4 Å². The van der Waals surface area contributed by atoms with E-state index in [0.29, 0.717) is 12.5 Å². The molecule has 0 atom stereocenters. The molecular formula is C31H30N4O. The van der Waals surface area contributed by atoms with Gasteiger partial charge in [0, 0.05) is 11.0 Å². The summed E-state index contributed by atoms with van der Waals surface area (Å²) in [5.41, 5.74) is 9.15. The van der Waals surface area contributed by atoms with Crippen molar-refractivity contribution in [2.75, 3.05) is 5.43 Å². The Kier molecular flexibility index (Phi) is 5.98. The fourth-order valence-corrected chi connectivity index (χ4v) is 5.94. The fraction of sp³-hybridized carbons (Fsp3) is 0.258. The smallest absolute Gasteiger partial charge is 0.259 e. The van der Waals surface area contributed by atoms with E-state index in [2.05, 4.69) is 40.9 Å². The van der Waals surface area contributed by atoms with Gasteiger partial charge in [0.1, 0.15) is 0 Å². The maximum absolute atomic E-state index is 14.4. The summed E-state index contributed by atoms with van der Waals surface area (Å²) in [7, 11) is 0. The molecule has 2 aliphatic rings. The van der Waals surface area contributed by atoms with Gasteiger partial charge in [0.25, 0.3) is 5.56 Å². The first kappa shape index (κ1) is 22.5. The maximum Gasteiger partial charge on any atom is 0.259 e. The Morgan fingerprint density at radius 2 is 1.58 bits per heavy atom. The van der Waals surface area contributed by atoms with E-state index in [1.807, 2.05) is 54.6 Å². The molecule has 0 amide bonds. The lowest BCUT2D eigenvalue weighted by Crippen LogP contribution is -2.43. The van der Waals surface area contributed by atoms with Crippen LogP contribution in [0.15, 0.2) is 94.8 Å². The Morgan fingerprint density at radius 3 is 2.36 bits per heavy atom. The first-order valence-electron chi connectivity index (χ1n) is 12.9. The van der Waals surface area contributed by atoms with E-state index in [0.717, 1.165) is 60.1 Å². The van der Waals surface area contributed by atoms with Crippen molar-refractivity contribution in [1.29, 1.82) is 0 Å². The molecule has 6 rings (SSSR count). The molecule has 0 aliphatic heterocycles. The van der Waals surface area contributed by atoms with Crippen LogP contribution >= 0.6 is 0 Å². The number of hydrazone groups is 1. The Morgan fingerprint density at radius 1 is 0.889 bits per heavy atom. The highest BCUT2D eigenvalue weighted by atomic mass is 16.1. The Bertz CT molecular complexity index is 1450. The zero-order valence-corrected chi connectivity index (χ0v) is 20.4. The average molecular weight is 475 g/mol. The van der Waals surface area contributed by atoms with Crippen LogP contribution in [-0.2, 0) is 18.4 Å².